The van der Waals surface area contributed by atoms with E-state index in [4.69, 9.17) is 20.9 Å². The molecule has 4 fully saturated rings. The number of phenolic OH excluding ortho intramolecular Hbond substituents is 1. The van der Waals surface area contributed by atoms with Gasteiger partial charge in [0.2, 0.25) is 5.91 Å². The molecule has 12 heteroatoms. The van der Waals surface area contributed by atoms with Crippen molar-refractivity contribution in [3.8, 4) is 35.4 Å². The molecular weight excluding hydrogens is 654 g/mol. The van der Waals surface area contributed by atoms with Crippen molar-refractivity contribution in [2.75, 3.05) is 64.0 Å². The molecule has 0 radical (unpaired) electrons. The zero-order valence-corrected chi connectivity index (χ0v) is 28.8. The number of piperidine rings is 1. The first-order chi connectivity index (χ1) is 24.7. The summed E-state index contributed by atoms with van der Waals surface area (Å²) in [6.07, 6.45) is 13.3. The van der Waals surface area contributed by atoms with Crippen molar-refractivity contribution in [3.63, 3.8) is 0 Å². The summed E-state index contributed by atoms with van der Waals surface area (Å²) < 4.78 is 44.1. The van der Waals surface area contributed by atoms with E-state index in [9.17, 15) is 14.3 Å². The number of hydrogen-bond donors (Lipinski definition) is 1. The van der Waals surface area contributed by atoms with Gasteiger partial charge in [-0.3, -0.25) is 14.7 Å². The lowest BCUT2D eigenvalue weighted by Crippen LogP contribution is -2.58. The molecule has 2 unspecified atom stereocenters. The van der Waals surface area contributed by atoms with Crippen molar-refractivity contribution in [1.82, 2.24) is 24.8 Å². The van der Waals surface area contributed by atoms with E-state index < -0.39 is 11.6 Å². The number of rotatable bonds is 7. The van der Waals surface area contributed by atoms with Gasteiger partial charge in [-0.2, -0.15) is 9.97 Å². The van der Waals surface area contributed by atoms with Crippen LogP contribution in [0, 0.1) is 35.3 Å². The molecule has 1 N–H and O–H groups in total. The van der Waals surface area contributed by atoms with E-state index in [1.165, 1.54) is 30.5 Å². The molecule has 2 atom stereocenters. The molecule has 1 aliphatic carbocycles. The monoisotopic (exact) mass is 696 g/mol. The normalized spacial score (nSPS) is 22.8. The van der Waals surface area contributed by atoms with Crippen LogP contribution < -0.4 is 9.64 Å². The molecule has 51 heavy (non-hydrogen) atoms. The number of terminal acetylenes is 1. The van der Waals surface area contributed by atoms with Crippen LogP contribution in [-0.4, -0.2) is 101 Å². The van der Waals surface area contributed by atoms with E-state index >= 15 is 4.39 Å². The molecule has 4 aliphatic rings. The topological polar surface area (TPSA) is 104 Å². The number of nitrogens with zero attached hydrogens (tertiary/aromatic N) is 6. The average Bonchev–Trinajstić information content (AvgIpc) is 3.35. The largest absolute Gasteiger partial charge is 0.508 e. The Balaban J connectivity index is 1.16. The van der Waals surface area contributed by atoms with Crippen LogP contribution in [0.1, 0.15) is 51.0 Å². The van der Waals surface area contributed by atoms with Gasteiger partial charge >= 0.3 is 6.01 Å². The lowest BCUT2D eigenvalue weighted by atomic mass is 9.75. The molecule has 1 saturated carbocycles. The summed E-state index contributed by atoms with van der Waals surface area (Å²) in [5.74, 6) is 2.02. The molecule has 2 aromatic carbocycles. The third-order valence-corrected chi connectivity index (χ3v) is 11.4. The second-order valence-electron chi connectivity index (χ2n) is 14.6. The highest BCUT2D eigenvalue weighted by molar-refractivity contribution is 6.03. The maximum Gasteiger partial charge on any atom is 0.319 e. The molecule has 0 spiro atoms. The lowest BCUT2D eigenvalue weighted by Gasteiger charge is -2.49. The summed E-state index contributed by atoms with van der Waals surface area (Å²) in [6.45, 7) is 8.00. The number of phenols is 1. The van der Waals surface area contributed by atoms with Crippen LogP contribution in [0.2, 0.25) is 0 Å². The first-order valence-electron chi connectivity index (χ1n) is 18.0. The fourth-order valence-electron chi connectivity index (χ4n) is 8.94. The van der Waals surface area contributed by atoms with E-state index in [0.717, 1.165) is 64.7 Å². The number of anilines is 1. The van der Waals surface area contributed by atoms with Gasteiger partial charge in [0.05, 0.1) is 24.2 Å². The Morgan fingerprint density at radius 1 is 1.12 bits per heavy atom. The van der Waals surface area contributed by atoms with Crippen molar-refractivity contribution in [2.24, 2.45) is 11.3 Å². The van der Waals surface area contributed by atoms with Crippen LogP contribution in [0.3, 0.4) is 0 Å². The summed E-state index contributed by atoms with van der Waals surface area (Å²) in [4.78, 5) is 32.4. The second-order valence-corrected chi connectivity index (χ2v) is 14.6. The van der Waals surface area contributed by atoms with Gasteiger partial charge < -0.3 is 24.4 Å². The Labute approximate surface area is 295 Å². The van der Waals surface area contributed by atoms with Crippen molar-refractivity contribution >= 4 is 33.4 Å². The number of carbonyl (C=O) groups is 1. The Morgan fingerprint density at radius 2 is 1.96 bits per heavy atom. The summed E-state index contributed by atoms with van der Waals surface area (Å²) in [7, 11) is 0. The summed E-state index contributed by atoms with van der Waals surface area (Å²) in [5.41, 5.74) is -0.0466. The Morgan fingerprint density at radius 3 is 2.78 bits per heavy atom. The minimum Gasteiger partial charge on any atom is -0.508 e. The minimum atomic E-state index is -0.743. The number of fused-ring (bicyclic) bond motifs is 3. The summed E-state index contributed by atoms with van der Waals surface area (Å²) in [5, 5.41) is 11.8. The number of carbonyl (C=O) groups excluding carboxylic acids is 1. The number of aromatic hydroxyl groups is 1. The number of aromatic nitrogens is 3. The van der Waals surface area contributed by atoms with Gasteiger partial charge in [-0.1, -0.05) is 18.4 Å². The molecular formula is C39H42F2N6O4. The minimum absolute atomic E-state index is 0.0195. The van der Waals surface area contributed by atoms with Crippen molar-refractivity contribution < 1.29 is 28.2 Å². The van der Waals surface area contributed by atoms with Gasteiger partial charge in [0, 0.05) is 80.8 Å². The van der Waals surface area contributed by atoms with Gasteiger partial charge in [-0.25, -0.2) is 8.78 Å². The van der Waals surface area contributed by atoms with E-state index in [2.05, 4.69) is 25.7 Å². The third-order valence-electron chi connectivity index (χ3n) is 11.4. The molecule has 1 amide bonds. The van der Waals surface area contributed by atoms with Gasteiger partial charge in [-0.05, 0) is 62.2 Å². The van der Waals surface area contributed by atoms with Crippen LogP contribution in [0.5, 0.6) is 11.8 Å². The number of halogens is 2. The van der Waals surface area contributed by atoms with Crippen molar-refractivity contribution in [3.05, 3.63) is 47.7 Å². The summed E-state index contributed by atoms with van der Waals surface area (Å²) in [6, 6.07) is 5.98. The number of hydrogen-bond acceptors (Lipinski definition) is 9. The predicted molar refractivity (Wildman–Crippen MR) is 190 cm³/mol. The van der Waals surface area contributed by atoms with Gasteiger partial charge in [-0.15, -0.1) is 6.42 Å². The molecule has 2 aromatic heterocycles. The van der Waals surface area contributed by atoms with E-state index in [1.54, 1.807) is 6.92 Å². The first-order valence-corrected chi connectivity index (χ1v) is 18.0. The highest BCUT2D eigenvalue weighted by Gasteiger charge is 2.49. The molecule has 10 nitrogen and oxygen atoms in total. The Hall–Kier alpha value is -4.60. The van der Waals surface area contributed by atoms with Crippen LogP contribution >= 0.6 is 0 Å². The van der Waals surface area contributed by atoms with Crippen LogP contribution in [-0.2, 0) is 9.53 Å². The van der Waals surface area contributed by atoms with Gasteiger partial charge in [0.15, 0.2) is 5.82 Å². The van der Waals surface area contributed by atoms with E-state index in [0.29, 0.717) is 61.5 Å². The van der Waals surface area contributed by atoms with Crippen molar-refractivity contribution in [1.29, 1.82) is 0 Å². The smallest absolute Gasteiger partial charge is 0.319 e. The molecule has 266 valence electrons. The number of pyridine rings is 1. The number of benzene rings is 2. The number of ether oxygens (including phenoxy) is 2. The van der Waals surface area contributed by atoms with Crippen LogP contribution in [0.4, 0.5) is 14.6 Å². The molecule has 8 rings (SSSR count). The Kier molecular flexibility index (Phi) is 8.88. The van der Waals surface area contributed by atoms with Gasteiger partial charge in [0.25, 0.3) is 0 Å². The first kappa shape index (κ1) is 33.5. The predicted octanol–water partition coefficient (Wildman–Crippen LogP) is 5.53. The Bertz CT molecular complexity index is 2040. The maximum absolute atomic E-state index is 16.9. The van der Waals surface area contributed by atoms with Crippen LogP contribution in [0.25, 0.3) is 32.9 Å². The average molecular weight is 697 g/mol. The lowest BCUT2D eigenvalue weighted by molar-refractivity contribution is -0.136. The van der Waals surface area contributed by atoms with Gasteiger partial charge in [0.1, 0.15) is 28.6 Å². The standard InChI is InChI=1S/C39H42F2N6O4/c1-3-28-31(40)9-8-26-17-27(49)18-29(33(26)28)35-34(41)36-30(19-42-35)37(45-13-6-15-50-16-14-45)44-38(43-36)51-23-39-10-4-7-32(39)46(12-5-11-39)20-25-21-47(22-25)24(2)48/h1,8-9,17-19,25,32,49H,4-7,10-16,20-23H2,2H3. The highest BCUT2D eigenvalue weighted by atomic mass is 19.1. The molecule has 5 heterocycles. The quantitative estimate of drug-likeness (QED) is 0.250. The zero-order chi connectivity index (χ0) is 35.3. The SMILES string of the molecule is C#Cc1c(F)ccc2cc(O)cc(-c3ncc4c(N5CCCOCC5)nc(OCC56CCCC5N(CC5CN(C(C)=O)C5)CCC6)nc4c3F)c12. The van der Waals surface area contributed by atoms with Crippen molar-refractivity contribution in [2.45, 2.75) is 51.5 Å². The fourth-order valence-corrected chi connectivity index (χ4v) is 8.94. The zero-order valence-electron chi connectivity index (χ0n) is 28.8. The fraction of sp³-hybridized carbons (Fsp3) is 0.487. The molecule has 3 aliphatic heterocycles. The summed E-state index contributed by atoms with van der Waals surface area (Å²) >= 11 is 0. The third kappa shape index (κ3) is 6.10. The molecule has 0 bridgehead atoms. The number of amides is 1. The molecule has 3 saturated heterocycles. The molecule has 4 aromatic rings. The van der Waals surface area contributed by atoms with E-state index in [1.807, 2.05) is 4.90 Å². The van der Waals surface area contributed by atoms with Crippen LogP contribution in [0.15, 0.2) is 30.5 Å². The maximum atomic E-state index is 16.9. The number of likely N-dealkylation sites (tertiary alicyclic amines) is 2. The second kappa shape index (κ2) is 13.5. The highest BCUT2D eigenvalue weighted by Crippen LogP contribution is 2.48. The van der Waals surface area contributed by atoms with E-state index in [-0.39, 0.29) is 50.8 Å².